The Bertz CT molecular complexity index is 1170. The van der Waals surface area contributed by atoms with Crippen LogP contribution in [0.25, 0.3) is 12.2 Å². The molecule has 9 heteroatoms. The Labute approximate surface area is 194 Å². The van der Waals surface area contributed by atoms with Gasteiger partial charge in [0.1, 0.15) is 11.6 Å². The van der Waals surface area contributed by atoms with Gasteiger partial charge in [-0.25, -0.2) is 9.37 Å². The highest BCUT2D eigenvalue weighted by Crippen LogP contribution is 2.46. The van der Waals surface area contributed by atoms with Crippen molar-refractivity contribution in [3.8, 4) is 11.5 Å². The van der Waals surface area contributed by atoms with Crippen molar-refractivity contribution in [2.45, 2.75) is 43.0 Å². The van der Waals surface area contributed by atoms with E-state index < -0.39 is 5.79 Å². The van der Waals surface area contributed by atoms with E-state index in [0.29, 0.717) is 22.4 Å². The quantitative estimate of drug-likeness (QED) is 0.481. The van der Waals surface area contributed by atoms with E-state index in [0.717, 1.165) is 37.0 Å². The maximum absolute atomic E-state index is 13.0. The van der Waals surface area contributed by atoms with Gasteiger partial charge in [-0.05, 0) is 48.7 Å². The summed E-state index contributed by atoms with van der Waals surface area (Å²) in [7, 11) is 0. The molecule has 1 aliphatic carbocycles. The number of thioether (sulfide) groups is 1. The highest BCUT2D eigenvalue weighted by molar-refractivity contribution is 7.99. The van der Waals surface area contributed by atoms with Crippen molar-refractivity contribution in [2.75, 3.05) is 11.1 Å². The summed E-state index contributed by atoms with van der Waals surface area (Å²) in [6.07, 6.45) is 8.73. The van der Waals surface area contributed by atoms with Crippen molar-refractivity contribution in [2.24, 2.45) is 0 Å². The highest BCUT2D eigenvalue weighted by atomic mass is 32.2. The summed E-state index contributed by atoms with van der Waals surface area (Å²) in [5.74, 6) is 1.14. The number of benzene rings is 2. The van der Waals surface area contributed by atoms with Crippen molar-refractivity contribution in [1.29, 1.82) is 0 Å². The van der Waals surface area contributed by atoms with E-state index in [-0.39, 0.29) is 17.5 Å². The molecule has 2 aliphatic rings. The lowest BCUT2D eigenvalue weighted by Crippen LogP contribution is -2.40. The molecule has 170 valence electrons. The van der Waals surface area contributed by atoms with Gasteiger partial charge in [0.2, 0.25) is 11.1 Å². The predicted octanol–water partition coefficient (Wildman–Crippen LogP) is 5.28. The number of H-pyrrole nitrogens is 1. The molecular weight excluding hydrogens is 443 g/mol. The normalized spacial score (nSPS) is 16.4. The van der Waals surface area contributed by atoms with Crippen LogP contribution in [0.3, 0.4) is 0 Å². The zero-order chi connectivity index (χ0) is 22.7. The van der Waals surface area contributed by atoms with E-state index in [1.54, 1.807) is 24.3 Å². The average Bonchev–Trinajstić information content (AvgIpc) is 3.41. The lowest BCUT2D eigenvalue weighted by molar-refractivity contribution is -0.113. The third kappa shape index (κ3) is 5.19. The van der Waals surface area contributed by atoms with Gasteiger partial charge in [-0.15, -0.1) is 5.10 Å². The minimum absolute atomic E-state index is 0.164. The SMILES string of the molecule is O=C(CSc1n[nH]c(/C=C/c2ccc(F)cc2)n1)Nc1ccc2c(c1)OC1(CCCCC1)O2. The summed E-state index contributed by atoms with van der Waals surface area (Å²) in [6, 6.07) is 11.6. The van der Waals surface area contributed by atoms with Crippen molar-refractivity contribution in [3.63, 3.8) is 0 Å². The fourth-order valence-electron chi connectivity index (χ4n) is 3.94. The number of aromatic nitrogens is 3. The maximum Gasteiger partial charge on any atom is 0.251 e. The van der Waals surface area contributed by atoms with Gasteiger partial charge in [0.05, 0.1) is 5.75 Å². The minimum atomic E-state index is -0.534. The number of ether oxygens (including phenoxy) is 2. The van der Waals surface area contributed by atoms with E-state index in [1.807, 2.05) is 18.2 Å². The number of hydrogen-bond donors (Lipinski definition) is 2. The number of hydrogen-bond acceptors (Lipinski definition) is 6. The fraction of sp³-hybridized carbons (Fsp3) is 0.292. The molecule has 33 heavy (non-hydrogen) atoms. The van der Waals surface area contributed by atoms with Crippen LogP contribution in [0.1, 0.15) is 43.5 Å². The number of fused-ring (bicyclic) bond motifs is 1. The van der Waals surface area contributed by atoms with Gasteiger partial charge in [-0.3, -0.25) is 9.89 Å². The first-order chi connectivity index (χ1) is 16.1. The zero-order valence-electron chi connectivity index (χ0n) is 17.8. The van der Waals surface area contributed by atoms with Gasteiger partial charge in [0.25, 0.3) is 5.79 Å². The first-order valence-electron chi connectivity index (χ1n) is 10.9. The second-order valence-corrected chi connectivity index (χ2v) is 9.00. The number of carbonyl (C=O) groups is 1. The number of rotatable bonds is 6. The molecular formula is C24H23FN4O3S. The van der Waals surface area contributed by atoms with Crippen LogP contribution in [0.5, 0.6) is 11.5 Å². The molecule has 0 saturated heterocycles. The van der Waals surface area contributed by atoms with Crippen molar-refractivity contribution in [3.05, 3.63) is 59.7 Å². The Morgan fingerprint density at radius 1 is 1.09 bits per heavy atom. The topological polar surface area (TPSA) is 89.1 Å². The predicted molar refractivity (Wildman–Crippen MR) is 125 cm³/mol. The number of halogens is 1. The Hall–Kier alpha value is -3.33. The smallest absolute Gasteiger partial charge is 0.251 e. The first kappa shape index (κ1) is 21.5. The summed E-state index contributed by atoms with van der Waals surface area (Å²) in [5.41, 5.74) is 1.51. The zero-order valence-corrected chi connectivity index (χ0v) is 18.7. The van der Waals surface area contributed by atoms with Gasteiger partial charge in [0, 0.05) is 24.6 Å². The molecule has 0 bridgehead atoms. The maximum atomic E-state index is 13.0. The van der Waals surface area contributed by atoms with E-state index in [4.69, 9.17) is 9.47 Å². The van der Waals surface area contributed by atoms with Crippen LogP contribution < -0.4 is 14.8 Å². The lowest BCUT2D eigenvalue weighted by Gasteiger charge is -2.31. The average molecular weight is 467 g/mol. The molecule has 1 aromatic heterocycles. The molecule has 1 aliphatic heterocycles. The van der Waals surface area contributed by atoms with Crippen molar-refractivity contribution < 1.29 is 18.7 Å². The number of nitrogens with one attached hydrogen (secondary N) is 2. The number of carbonyl (C=O) groups excluding carboxylic acids is 1. The van der Waals surface area contributed by atoms with Gasteiger partial charge in [-0.2, -0.15) is 0 Å². The standard InChI is InChI=1S/C24H23FN4O3S/c25-17-7-4-16(5-8-17)6-11-21-27-23(29-28-21)33-15-22(30)26-18-9-10-19-20(14-18)32-24(31-19)12-2-1-3-13-24/h4-11,14H,1-3,12-13,15H2,(H,26,30)(H,27,28,29)/b11-6+. The minimum Gasteiger partial charge on any atom is -0.448 e. The van der Waals surface area contributed by atoms with E-state index in [2.05, 4.69) is 20.5 Å². The molecule has 2 aromatic carbocycles. The molecule has 3 aromatic rings. The summed E-state index contributed by atoms with van der Waals surface area (Å²) in [4.78, 5) is 16.7. The summed E-state index contributed by atoms with van der Waals surface area (Å²) in [6.45, 7) is 0. The van der Waals surface area contributed by atoms with Crippen LogP contribution in [0.2, 0.25) is 0 Å². The van der Waals surface area contributed by atoms with E-state index in [1.165, 1.54) is 30.3 Å². The van der Waals surface area contributed by atoms with Crippen molar-refractivity contribution in [1.82, 2.24) is 15.2 Å². The first-order valence-corrected chi connectivity index (χ1v) is 11.9. The Balaban J connectivity index is 1.13. The van der Waals surface area contributed by atoms with Gasteiger partial charge in [-0.1, -0.05) is 36.4 Å². The molecule has 2 N–H and O–H groups in total. The van der Waals surface area contributed by atoms with Gasteiger partial charge >= 0.3 is 0 Å². The second-order valence-electron chi connectivity index (χ2n) is 8.06. The van der Waals surface area contributed by atoms with Crippen LogP contribution in [-0.2, 0) is 4.79 Å². The molecule has 1 amide bonds. The van der Waals surface area contributed by atoms with Crippen LogP contribution in [0, 0.1) is 5.82 Å². The fourth-order valence-corrected chi connectivity index (χ4v) is 4.54. The molecule has 0 unspecified atom stereocenters. The number of nitrogens with zero attached hydrogens (tertiary/aromatic N) is 2. The monoisotopic (exact) mass is 466 g/mol. The number of aromatic amines is 1. The van der Waals surface area contributed by atoms with Crippen LogP contribution in [0.4, 0.5) is 10.1 Å². The summed E-state index contributed by atoms with van der Waals surface area (Å²) in [5, 5.41) is 10.3. The van der Waals surface area contributed by atoms with E-state index in [9.17, 15) is 9.18 Å². The highest BCUT2D eigenvalue weighted by Gasteiger charge is 2.42. The van der Waals surface area contributed by atoms with Gasteiger partial charge in [0.15, 0.2) is 11.5 Å². The van der Waals surface area contributed by atoms with Crippen LogP contribution >= 0.6 is 11.8 Å². The third-order valence-electron chi connectivity index (χ3n) is 5.55. The largest absolute Gasteiger partial charge is 0.448 e. The second kappa shape index (κ2) is 9.27. The molecule has 1 fully saturated rings. The molecule has 7 nitrogen and oxygen atoms in total. The van der Waals surface area contributed by atoms with Crippen LogP contribution in [0.15, 0.2) is 47.6 Å². The molecule has 1 saturated carbocycles. The Morgan fingerprint density at radius 3 is 2.70 bits per heavy atom. The van der Waals surface area contributed by atoms with Gasteiger partial charge < -0.3 is 14.8 Å². The molecule has 2 heterocycles. The molecule has 5 rings (SSSR count). The van der Waals surface area contributed by atoms with Crippen LogP contribution in [-0.4, -0.2) is 32.6 Å². The lowest BCUT2D eigenvalue weighted by atomic mass is 9.94. The Kier molecular flexibility index (Phi) is 6.04. The summed E-state index contributed by atoms with van der Waals surface area (Å²) < 4.78 is 25.2. The number of amides is 1. The molecule has 0 radical (unpaired) electrons. The van der Waals surface area contributed by atoms with Crippen molar-refractivity contribution >= 4 is 35.5 Å². The Morgan fingerprint density at radius 2 is 1.88 bits per heavy atom. The number of anilines is 1. The van der Waals surface area contributed by atoms with E-state index >= 15 is 0 Å². The molecule has 1 spiro atoms. The summed E-state index contributed by atoms with van der Waals surface area (Å²) >= 11 is 1.23. The third-order valence-corrected chi connectivity index (χ3v) is 6.40. The molecule has 0 atom stereocenters.